The maximum atomic E-state index is 11.7. The molecule has 0 atom stereocenters. The minimum atomic E-state index is -1.28. The normalized spacial score (nSPS) is 17.9. The van der Waals surface area contributed by atoms with Gasteiger partial charge in [0, 0.05) is 25.2 Å². The summed E-state index contributed by atoms with van der Waals surface area (Å²) in [5, 5.41) is 17.6. The highest BCUT2D eigenvalue weighted by atomic mass is 17.2. The lowest BCUT2D eigenvalue weighted by molar-refractivity contribution is -0.257. The zero-order valence-electron chi connectivity index (χ0n) is 14.3. The van der Waals surface area contributed by atoms with Crippen molar-refractivity contribution in [2.75, 3.05) is 39.3 Å². The van der Waals surface area contributed by atoms with Gasteiger partial charge in [-0.3, -0.25) is 19.4 Å². The molecule has 28 heavy (non-hydrogen) atoms. The van der Waals surface area contributed by atoms with Gasteiger partial charge in [-0.05, 0) is 0 Å². The smallest absolute Gasteiger partial charge is 0.379 e. The van der Waals surface area contributed by atoms with Crippen molar-refractivity contribution >= 4 is 35.8 Å². The van der Waals surface area contributed by atoms with Crippen molar-refractivity contribution in [1.29, 1.82) is 0 Å². The van der Waals surface area contributed by atoms with Crippen LogP contribution in [-0.2, 0) is 48.3 Å². The highest BCUT2D eigenvalue weighted by Gasteiger charge is 2.22. The van der Waals surface area contributed by atoms with E-state index in [2.05, 4.69) is 19.6 Å². The Hall–Kier alpha value is -3.52. The molecule has 0 saturated heterocycles. The number of hydrogen-bond acceptors (Lipinski definition) is 12. The number of hydrogen-bond donors (Lipinski definition) is 2. The van der Waals surface area contributed by atoms with Crippen LogP contribution in [0.5, 0.6) is 0 Å². The van der Waals surface area contributed by atoms with Crippen molar-refractivity contribution < 1.29 is 58.5 Å². The molecule has 0 bridgehead atoms. The molecule has 2 N–H and O–H groups in total. The molecule has 0 aromatic rings. The Balaban J connectivity index is 2.79. The molecule has 0 unspecified atom stereocenters. The van der Waals surface area contributed by atoms with Gasteiger partial charge in [-0.2, -0.15) is 0 Å². The van der Waals surface area contributed by atoms with E-state index in [-0.39, 0.29) is 13.1 Å². The summed E-state index contributed by atoms with van der Waals surface area (Å²) in [6.07, 6.45) is 1.13. The lowest BCUT2D eigenvalue weighted by Gasteiger charge is -2.23. The Labute approximate surface area is 156 Å². The van der Waals surface area contributed by atoms with Crippen molar-refractivity contribution in [3.05, 3.63) is 12.2 Å². The number of nitrogens with zero attached hydrogens (tertiary/aromatic N) is 2. The Morgan fingerprint density at radius 1 is 0.857 bits per heavy atom. The largest absolute Gasteiger partial charge is 0.480 e. The summed E-state index contributed by atoms with van der Waals surface area (Å²) in [5.41, 5.74) is 0. The lowest BCUT2D eigenvalue weighted by Crippen LogP contribution is -2.44. The van der Waals surface area contributed by atoms with Crippen LogP contribution in [0, 0.1) is 0 Å². The topological polar surface area (TPSA) is 186 Å². The first-order valence-corrected chi connectivity index (χ1v) is 7.54. The highest BCUT2D eigenvalue weighted by Crippen LogP contribution is 1.99. The minimum absolute atomic E-state index is 0.166. The van der Waals surface area contributed by atoms with Crippen LogP contribution in [0.4, 0.5) is 0 Å². The van der Waals surface area contributed by atoms with E-state index in [1.807, 2.05) is 0 Å². The monoisotopic (exact) mass is 404 g/mol. The van der Waals surface area contributed by atoms with E-state index in [9.17, 15) is 28.8 Å². The fraction of sp³-hybridized carbons (Fsp3) is 0.429. The van der Waals surface area contributed by atoms with Gasteiger partial charge in [-0.15, -0.1) is 0 Å². The van der Waals surface area contributed by atoms with Gasteiger partial charge in [0.15, 0.2) is 0 Å². The van der Waals surface area contributed by atoms with Crippen LogP contribution in [0.2, 0.25) is 0 Å². The highest BCUT2D eigenvalue weighted by molar-refractivity contribution is 5.91. The van der Waals surface area contributed by atoms with E-state index in [0.29, 0.717) is 12.2 Å². The van der Waals surface area contributed by atoms with E-state index in [1.54, 1.807) is 0 Å². The molecular formula is C14H16N2O12. The molecular weight excluding hydrogens is 388 g/mol. The second kappa shape index (κ2) is 11.2. The molecule has 0 fully saturated rings. The van der Waals surface area contributed by atoms with E-state index < -0.39 is 62.0 Å². The van der Waals surface area contributed by atoms with Crippen LogP contribution in [0.15, 0.2) is 12.2 Å². The second-order valence-electron chi connectivity index (χ2n) is 5.26. The lowest BCUT2D eigenvalue weighted by atomic mass is 10.4. The number of aliphatic carboxylic acids is 2. The van der Waals surface area contributed by atoms with E-state index in [1.165, 1.54) is 0 Å². The maximum absolute atomic E-state index is 11.7. The van der Waals surface area contributed by atoms with Crippen molar-refractivity contribution in [3.63, 3.8) is 0 Å². The van der Waals surface area contributed by atoms with Crippen LogP contribution >= 0.6 is 0 Å². The van der Waals surface area contributed by atoms with E-state index in [0.717, 1.165) is 9.80 Å². The maximum Gasteiger partial charge on any atom is 0.379 e. The van der Waals surface area contributed by atoms with Crippen LogP contribution in [0.25, 0.3) is 0 Å². The third-order valence-corrected chi connectivity index (χ3v) is 2.94. The average Bonchev–Trinajstić information content (AvgIpc) is 2.59. The third kappa shape index (κ3) is 9.83. The summed E-state index contributed by atoms with van der Waals surface area (Å²) in [5.74, 6) is -7.17. The summed E-state index contributed by atoms with van der Waals surface area (Å²) >= 11 is 0. The van der Waals surface area contributed by atoms with Gasteiger partial charge in [0.2, 0.25) is 0 Å². The quantitative estimate of drug-likeness (QED) is 0.418. The molecule has 0 spiro atoms. The molecule has 1 rings (SSSR count). The van der Waals surface area contributed by atoms with Crippen molar-refractivity contribution in [2.45, 2.75) is 0 Å². The van der Waals surface area contributed by atoms with Crippen LogP contribution in [-0.4, -0.2) is 95.1 Å². The van der Waals surface area contributed by atoms with Gasteiger partial charge in [0.05, 0.1) is 13.1 Å². The zero-order chi connectivity index (χ0) is 21.1. The molecule has 14 heteroatoms. The number of carboxylic acids is 2. The number of carbonyl (C=O) groups is 6. The molecule has 0 aromatic carbocycles. The zero-order valence-corrected chi connectivity index (χ0v) is 14.3. The molecule has 0 aliphatic carbocycles. The van der Waals surface area contributed by atoms with E-state index in [4.69, 9.17) is 10.2 Å². The summed E-state index contributed by atoms with van der Waals surface area (Å²) in [7, 11) is 0. The average molecular weight is 404 g/mol. The van der Waals surface area contributed by atoms with Gasteiger partial charge in [0.25, 0.3) is 0 Å². The van der Waals surface area contributed by atoms with Crippen LogP contribution < -0.4 is 0 Å². The Morgan fingerprint density at radius 3 is 1.68 bits per heavy atom. The second-order valence-corrected chi connectivity index (χ2v) is 5.26. The number of carbonyl (C=O) groups excluding carboxylic acids is 4. The Bertz CT molecular complexity index is 621. The fourth-order valence-corrected chi connectivity index (χ4v) is 1.88. The molecule has 0 radical (unpaired) electrons. The minimum Gasteiger partial charge on any atom is -0.480 e. The molecule has 14 nitrogen and oxygen atoms in total. The van der Waals surface area contributed by atoms with Gasteiger partial charge in [0.1, 0.15) is 13.1 Å². The first kappa shape index (κ1) is 22.5. The van der Waals surface area contributed by atoms with Gasteiger partial charge in [-0.25, -0.2) is 38.7 Å². The predicted molar refractivity (Wildman–Crippen MR) is 81.7 cm³/mol. The fourth-order valence-electron chi connectivity index (χ4n) is 1.88. The standard InChI is InChI=1S/C14H16N2O12/c17-9(18)5-15(6-10(19)20)3-4-16-7-13(23)27-25-11(21)1-2-12(22)26-28-14(24)8-16/h1-2H,3-8H2,(H,17,18)(H,19,20)/b2-1-. The summed E-state index contributed by atoms with van der Waals surface area (Å²) in [6, 6.07) is 0. The summed E-state index contributed by atoms with van der Waals surface area (Å²) in [6.45, 7) is -2.75. The third-order valence-electron chi connectivity index (χ3n) is 2.94. The van der Waals surface area contributed by atoms with Crippen molar-refractivity contribution in [3.8, 4) is 0 Å². The first-order chi connectivity index (χ1) is 13.2. The molecule has 0 saturated carbocycles. The molecule has 0 amide bonds. The van der Waals surface area contributed by atoms with Gasteiger partial charge in [-0.1, -0.05) is 0 Å². The molecule has 154 valence electrons. The summed E-state index contributed by atoms with van der Waals surface area (Å²) < 4.78 is 0. The number of carboxylic acid groups (broad SMARTS) is 2. The van der Waals surface area contributed by atoms with Crippen molar-refractivity contribution in [1.82, 2.24) is 9.80 Å². The number of rotatable bonds is 7. The Morgan fingerprint density at radius 2 is 1.29 bits per heavy atom. The van der Waals surface area contributed by atoms with E-state index >= 15 is 0 Å². The Kier molecular flexibility index (Phi) is 9.05. The summed E-state index contributed by atoms with van der Waals surface area (Å²) in [4.78, 5) is 86.2. The van der Waals surface area contributed by atoms with Crippen molar-refractivity contribution in [2.24, 2.45) is 0 Å². The molecule has 1 aliphatic rings. The molecule has 1 aliphatic heterocycles. The molecule has 0 aromatic heterocycles. The first-order valence-electron chi connectivity index (χ1n) is 7.54. The van der Waals surface area contributed by atoms with Crippen LogP contribution in [0.3, 0.4) is 0 Å². The van der Waals surface area contributed by atoms with Crippen LogP contribution in [0.1, 0.15) is 0 Å². The van der Waals surface area contributed by atoms with Gasteiger partial charge < -0.3 is 10.2 Å². The van der Waals surface area contributed by atoms with Gasteiger partial charge >= 0.3 is 35.8 Å². The molecule has 1 heterocycles. The SMILES string of the molecule is O=C(O)CN(CCN1CC(=O)OOC(=O)/C=C\C(=O)OOC(=O)C1)CC(=O)O. The predicted octanol–water partition coefficient (Wildman–Crippen LogP) is -2.67.